The fourth-order valence-corrected chi connectivity index (χ4v) is 6.25. The van der Waals surface area contributed by atoms with E-state index in [1.165, 1.54) is 11.3 Å². The number of rotatable bonds is 4. The van der Waals surface area contributed by atoms with E-state index in [4.69, 9.17) is 23.2 Å². The number of hydrogen-bond donors (Lipinski definition) is 1. The predicted octanol–water partition coefficient (Wildman–Crippen LogP) is 4.35. The molecule has 33 heavy (non-hydrogen) atoms. The van der Waals surface area contributed by atoms with E-state index in [1.54, 1.807) is 12.4 Å². The van der Waals surface area contributed by atoms with Gasteiger partial charge in [-0.2, -0.15) is 5.10 Å². The quantitative estimate of drug-likeness (QED) is 0.449. The number of H-pyrrole nitrogens is 1. The highest BCUT2D eigenvalue weighted by molar-refractivity contribution is 7.20. The molecule has 6 rings (SSSR count). The van der Waals surface area contributed by atoms with E-state index >= 15 is 0 Å². The third-order valence-corrected chi connectivity index (χ3v) is 8.14. The Morgan fingerprint density at radius 1 is 1.15 bits per heavy atom. The smallest absolute Gasteiger partial charge is 0.256 e. The second-order valence-electron chi connectivity index (χ2n) is 8.54. The van der Waals surface area contributed by atoms with Gasteiger partial charge in [0.1, 0.15) is 16.3 Å². The lowest BCUT2D eigenvalue weighted by atomic mass is 9.97. The van der Waals surface area contributed by atoms with Crippen LogP contribution in [0, 0.1) is 0 Å². The zero-order valence-electron chi connectivity index (χ0n) is 17.6. The highest BCUT2D eigenvalue weighted by atomic mass is 35.5. The van der Waals surface area contributed by atoms with Crippen molar-refractivity contribution in [3.63, 3.8) is 0 Å². The molecule has 0 radical (unpaired) electrons. The van der Waals surface area contributed by atoms with Crippen LogP contribution in [0.15, 0.2) is 37.1 Å². The number of piperidine rings is 1. The van der Waals surface area contributed by atoms with Gasteiger partial charge in [-0.25, -0.2) is 9.97 Å². The molecule has 11 heteroatoms. The number of hydrogen-bond acceptors (Lipinski definition) is 6. The fourth-order valence-electron chi connectivity index (χ4n) is 4.81. The molecule has 0 aromatic carbocycles. The third-order valence-electron chi connectivity index (χ3n) is 6.65. The number of amides is 1. The Labute approximate surface area is 204 Å². The van der Waals surface area contributed by atoms with Gasteiger partial charge in [0.25, 0.3) is 5.91 Å². The molecule has 2 aliphatic heterocycles. The molecule has 1 N–H and O–H groups in total. The van der Waals surface area contributed by atoms with E-state index in [0.717, 1.165) is 61.3 Å². The molecule has 0 spiro atoms. The van der Waals surface area contributed by atoms with Crippen molar-refractivity contribution in [2.45, 2.75) is 24.9 Å². The number of aromatic nitrogens is 5. The maximum Gasteiger partial charge on any atom is 0.256 e. The van der Waals surface area contributed by atoms with Gasteiger partial charge in [0, 0.05) is 55.6 Å². The van der Waals surface area contributed by atoms with Crippen molar-refractivity contribution in [2.75, 3.05) is 26.2 Å². The normalized spacial score (nSPS) is 18.2. The summed E-state index contributed by atoms with van der Waals surface area (Å²) in [4.78, 5) is 29.0. The van der Waals surface area contributed by atoms with E-state index in [0.29, 0.717) is 26.3 Å². The van der Waals surface area contributed by atoms with E-state index in [-0.39, 0.29) is 5.91 Å². The van der Waals surface area contributed by atoms with Crippen LogP contribution in [0.3, 0.4) is 0 Å². The molecule has 8 nitrogen and oxygen atoms in total. The van der Waals surface area contributed by atoms with Crippen LogP contribution < -0.4 is 0 Å². The molecule has 2 saturated heterocycles. The molecule has 4 aromatic rings. The molecule has 170 valence electrons. The average Bonchev–Trinajstić information content (AvgIpc) is 3.52. The van der Waals surface area contributed by atoms with Crippen LogP contribution in [0.2, 0.25) is 8.67 Å². The number of fused-ring (bicyclic) bond motifs is 1. The molecule has 2 aliphatic rings. The predicted molar refractivity (Wildman–Crippen MR) is 129 cm³/mol. The van der Waals surface area contributed by atoms with Crippen LogP contribution in [-0.4, -0.2) is 72.7 Å². The Morgan fingerprint density at radius 2 is 1.97 bits per heavy atom. The van der Waals surface area contributed by atoms with Gasteiger partial charge in [-0.15, -0.1) is 11.3 Å². The molecule has 0 aliphatic carbocycles. The SMILES string of the molecule is O=C(c1cc(Cl)sc1Cl)N1CCC(N2CC(n3cc(-c4ncnc5[nH]ccc45)cn3)C2)CC1. The van der Waals surface area contributed by atoms with Crippen molar-refractivity contribution in [1.82, 2.24) is 34.5 Å². The second-order valence-corrected chi connectivity index (χ2v) is 10.8. The number of likely N-dealkylation sites (tertiary alicyclic amines) is 2. The summed E-state index contributed by atoms with van der Waals surface area (Å²) >= 11 is 13.4. The molecule has 0 unspecified atom stereocenters. The zero-order chi connectivity index (χ0) is 22.5. The number of thiophene rings is 1. The minimum Gasteiger partial charge on any atom is -0.346 e. The van der Waals surface area contributed by atoms with Crippen LogP contribution in [0.25, 0.3) is 22.3 Å². The lowest BCUT2D eigenvalue weighted by Gasteiger charge is -2.47. The Kier molecular flexibility index (Phi) is 5.37. The molecule has 2 fully saturated rings. The topological polar surface area (TPSA) is 82.9 Å². The standard InChI is InChI=1S/C22H21Cl2N7OS/c23-18-7-17(20(24)33-18)22(32)29-5-2-14(3-6-29)30-10-15(11-30)31-9-13(8-28-31)19-16-1-4-25-21(16)27-12-26-19/h1,4,7-9,12,14-15H,2-3,5-6,10-11H2,(H,25,26,27). The van der Waals surface area contributed by atoms with Crippen molar-refractivity contribution >= 4 is 51.5 Å². The largest absolute Gasteiger partial charge is 0.346 e. The summed E-state index contributed by atoms with van der Waals surface area (Å²) in [6, 6.07) is 4.51. The zero-order valence-corrected chi connectivity index (χ0v) is 19.9. The maximum absolute atomic E-state index is 12.8. The van der Waals surface area contributed by atoms with Crippen molar-refractivity contribution in [1.29, 1.82) is 0 Å². The first kappa shape index (κ1) is 21.1. The molecule has 0 saturated carbocycles. The number of nitrogens with one attached hydrogen (secondary N) is 1. The molecule has 1 amide bonds. The van der Waals surface area contributed by atoms with Gasteiger partial charge >= 0.3 is 0 Å². The van der Waals surface area contributed by atoms with Crippen molar-refractivity contribution in [2.24, 2.45) is 0 Å². The molecule has 4 aromatic heterocycles. The van der Waals surface area contributed by atoms with Gasteiger partial charge in [0.2, 0.25) is 0 Å². The van der Waals surface area contributed by atoms with E-state index < -0.39 is 0 Å². The highest BCUT2D eigenvalue weighted by Gasteiger charge is 2.36. The molecule has 0 atom stereocenters. The van der Waals surface area contributed by atoms with Gasteiger partial charge in [-0.3, -0.25) is 14.4 Å². The van der Waals surface area contributed by atoms with Crippen LogP contribution in [0.5, 0.6) is 0 Å². The van der Waals surface area contributed by atoms with Crippen molar-refractivity contribution in [3.8, 4) is 11.3 Å². The van der Waals surface area contributed by atoms with Crippen LogP contribution >= 0.6 is 34.5 Å². The van der Waals surface area contributed by atoms with E-state index in [2.05, 4.69) is 31.1 Å². The van der Waals surface area contributed by atoms with Gasteiger partial charge in [-0.05, 0) is 25.0 Å². The summed E-state index contributed by atoms with van der Waals surface area (Å²) in [6.07, 6.45) is 9.33. The number of aromatic amines is 1. The van der Waals surface area contributed by atoms with Gasteiger partial charge in [0.15, 0.2) is 0 Å². The number of nitrogens with zero attached hydrogens (tertiary/aromatic N) is 6. The van der Waals surface area contributed by atoms with Crippen LogP contribution in [0.1, 0.15) is 29.2 Å². The maximum atomic E-state index is 12.8. The number of carbonyl (C=O) groups excluding carboxylic acids is 1. The summed E-state index contributed by atoms with van der Waals surface area (Å²) in [5, 5.41) is 5.61. The first-order valence-electron chi connectivity index (χ1n) is 10.9. The minimum atomic E-state index is -0.0200. The summed E-state index contributed by atoms with van der Waals surface area (Å²) < 4.78 is 3.06. The monoisotopic (exact) mass is 501 g/mol. The van der Waals surface area contributed by atoms with E-state index in [1.807, 2.05) is 28.0 Å². The Bertz CT molecular complexity index is 1320. The van der Waals surface area contributed by atoms with Gasteiger partial charge < -0.3 is 9.88 Å². The lowest BCUT2D eigenvalue weighted by Crippen LogP contribution is -2.56. The van der Waals surface area contributed by atoms with Crippen molar-refractivity contribution in [3.05, 3.63) is 51.3 Å². The van der Waals surface area contributed by atoms with E-state index in [9.17, 15) is 4.79 Å². The Hall–Kier alpha value is -2.46. The third kappa shape index (κ3) is 3.82. The minimum absolute atomic E-state index is 0.0200. The summed E-state index contributed by atoms with van der Waals surface area (Å²) in [5.74, 6) is -0.0200. The lowest BCUT2D eigenvalue weighted by molar-refractivity contribution is 0.0198. The molecule has 0 bridgehead atoms. The first-order valence-corrected chi connectivity index (χ1v) is 12.4. The summed E-state index contributed by atoms with van der Waals surface area (Å²) in [7, 11) is 0. The first-order chi connectivity index (χ1) is 16.1. The van der Waals surface area contributed by atoms with Gasteiger partial charge in [0.05, 0.1) is 27.8 Å². The van der Waals surface area contributed by atoms with Crippen LogP contribution in [0.4, 0.5) is 0 Å². The molecular weight excluding hydrogens is 481 g/mol. The fraction of sp³-hybridized carbons (Fsp3) is 0.364. The number of carbonyl (C=O) groups is 1. The highest BCUT2D eigenvalue weighted by Crippen LogP contribution is 2.34. The van der Waals surface area contributed by atoms with Crippen LogP contribution in [-0.2, 0) is 0 Å². The Morgan fingerprint density at radius 3 is 2.73 bits per heavy atom. The average molecular weight is 502 g/mol. The summed E-state index contributed by atoms with van der Waals surface area (Å²) in [5.41, 5.74) is 3.24. The number of halogens is 2. The second kappa shape index (κ2) is 8.39. The van der Waals surface area contributed by atoms with Crippen molar-refractivity contribution < 1.29 is 4.79 Å². The summed E-state index contributed by atoms with van der Waals surface area (Å²) in [6.45, 7) is 3.41. The Balaban J connectivity index is 1.05. The molecule has 6 heterocycles. The van der Waals surface area contributed by atoms with Gasteiger partial charge in [-0.1, -0.05) is 23.2 Å². The molecular formula is C22H21Cl2N7OS.